The number of anilines is 2. The predicted octanol–water partition coefficient (Wildman–Crippen LogP) is 6.87. The maximum absolute atomic E-state index is 11.4. The highest BCUT2D eigenvalue weighted by Gasteiger charge is 2.20. The second kappa shape index (κ2) is 11.5. The minimum atomic E-state index is 0.424. The van der Waals surface area contributed by atoms with E-state index in [1.807, 2.05) is 30.3 Å². The monoisotopic (exact) mass is 545 g/mol. The Labute approximate surface area is 234 Å². The maximum atomic E-state index is 11.4. The van der Waals surface area contributed by atoms with E-state index in [-0.39, 0.29) is 0 Å². The van der Waals surface area contributed by atoms with Crippen molar-refractivity contribution < 1.29 is 9.84 Å². The number of aromatic nitrogens is 2. The smallest absolute Gasteiger partial charge is 0.213 e. The van der Waals surface area contributed by atoms with Gasteiger partial charge in [0.2, 0.25) is 5.88 Å². The average Bonchev–Trinajstić information content (AvgIpc) is 2.96. The van der Waals surface area contributed by atoms with E-state index in [9.17, 15) is 5.11 Å². The Morgan fingerprint density at radius 2 is 1.46 bits per heavy atom. The average molecular weight is 546 g/mol. The first-order valence-corrected chi connectivity index (χ1v) is 14.5. The summed E-state index contributed by atoms with van der Waals surface area (Å²) in [5.74, 6) is 0.954. The van der Waals surface area contributed by atoms with E-state index >= 15 is 0 Å². The van der Waals surface area contributed by atoms with Gasteiger partial charge in [-0.3, -0.25) is 9.80 Å². The molecule has 8 heteroatoms. The van der Waals surface area contributed by atoms with Gasteiger partial charge in [0, 0.05) is 46.4 Å². The summed E-state index contributed by atoms with van der Waals surface area (Å²) in [4.78, 5) is 14.5. The standard InChI is InChI=1S/C31H36ClN5O2/c1-39-28-11-10-26-30(35-28)29(25-9-8-23(32)18-27(25)34-26)33-24-16-21(19-36-12-4-2-5-13-36)31(38)22(17-24)20-37-14-6-3-7-15-37/h8-11,16-18,38H,2-7,12-15,19-20H2,1H3,(H,33,34). The largest absolute Gasteiger partial charge is 0.507 e. The third-order valence-electron chi connectivity index (χ3n) is 7.99. The highest BCUT2D eigenvalue weighted by Crippen LogP contribution is 2.37. The molecule has 0 spiro atoms. The number of nitrogens with zero attached hydrogens (tertiary/aromatic N) is 4. The van der Waals surface area contributed by atoms with Gasteiger partial charge in [-0.25, -0.2) is 9.97 Å². The number of aromatic hydroxyl groups is 1. The van der Waals surface area contributed by atoms with Gasteiger partial charge in [0.1, 0.15) is 11.3 Å². The van der Waals surface area contributed by atoms with Gasteiger partial charge in [-0.15, -0.1) is 0 Å². The Hall–Kier alpha value is -3.13. The lowest BCUT2D eigenvalue weighted by Gasteiger charge is -2.29. The Morgan fingerprint density at radius 1 is 0.821 bits per heavy atom. The first-order chi connectivity index (χ1) is 19.1. The zero-order valence-electron chi connectivity index (χ0n) is 22.5. The topological polar surface area (TPSA) is 73.8 Å². The SMILES string of the molecule is COc1ccc2nc3cc(Cl)ccc3c(Nc3cc(CN4CCCCC4)c(O)c(CN4CCCCC4)c3)c2n1. The second-order valence-electron chi connectivity index (χ2n) is 10.8. The molecule has 2 aromatic carbocycles. The van der Waals surface area contributed by atoms with Crippen molar-refractivity contribution in [1.82, 2.24) is 19.8 Å². The van der Waals surface area contributed by atoms with Crippen LogP contribution in [0.1, 0.15) is 49.7 Å². The number of likely N-dealkylation sites (tertiary alicyclic amines) is 2. The fraction of sp³-hybridized carbons (Fsp3) is 0.419. The molecular formula is C31H36ClN5O2. The van der Waals surface area contributed by atoms with E-state index in [0.717, 1.165) is 83.7 Å². The number of methoxy groups -OCH3 is 1. The molecular weight excluding hydrogens is 510 g/mol. The van der Waals surface area contributed by atoms with E-state index < -0.39 is 0 Å². The van der Waals surface area contributed by atoms with Crippen LogP contribution in [0.4, 0.5) is 11.4 Å². The molecule has 2 aliphatic heterocycles. The molecule has 6 rings (SSSR count). The number of nitrogens with one attached hydrogen (secondary N) is 1. The predicted molar refractivity (Wildman–Crippen MR) is 158 cm³/mol. The molecule has 4 aromatic rings. The molecule has 2 N–H and O–H groups in total. The molecule has 39 heavy (non-hydrogen) atoms. The van der Waals surface area contributed by atoms with E-state index in [4.69, 9.17) is 26.3 Å². The number of hydrogen-bond acceptors (Lipinski definition) is 7. The van der Waals surface area contributed by atoms with Crippen LogP contribution in [-0.2, 0) is 13.1 Å². The lowest BCUT2D eigenvalue weighted by Crippen LogP contribution is -2.30. The fourth-order valence-corrected chi connectivity index (χ4v) is 6.12. The van der Waals surface area contributed by atoms with Crippen LogP contribution in [-0.4, -0.2) is 58.2 Å². The summed E-state index contributed by atoms with van der Waals surface area (Å²) in [6.45, 7) is 5.78. The number of halogens is 1. The third-order valence-corrected chi connectivity index (χ3v) is 8.22. The van der Waals surface area contributed by atoms with Gasteiger partial charge >= 0.3 is 0 Å². The molecule has 2 aromatic heterocycles. The molecule has 0 amide bonds. The number of rotatable bonds is 7. The van der Waals surface area contributed by atoms with Gasteiger partial charge < -0.3 is 15.2 Å². The molecule has 0 bridgehead atoms. The summed E-state index contributed by atoms with van der Waals surface area (Å²) in [5.41, 5.74) is 5.99. The molecule has 0 atom stereocenters. The number of pyridine rings is 2. The van der Waals surface area contributed by atoms with Crippen LogP contribution in [0.5, 0.6) is 11.6 Å². The van der Waals surface area contributed by atoms with Crippen molar-refractivity contribution in [2.45, 2.75) is 51.6 Å². The van der Waals surface area contributed by atoms with Crippen molar-refractivity contribution in [3.05, 3.63) is 58.6 Å². The first kappa shape index (κ1) is 26.1. The zero-order chi connectivity index (χ0) is 26.8. The number of phenolic OH excluding ortho intramolecular Hbond substituents is 1. The number of ether oxygens (including phenoxy) is 1. The minimum Gasteiger partial charge on any atom is -0.507 e. The Kier molecular flexibility index (Phi) is 7.73. The van der Waals surface area contributed by atoms with Crippen LogP contribution in [0.15, 0.2) is 42.5 Å². The van der Waals surface area contributed by atoms with Gasteiger partial charge in [-0.2, -0.15) is 0 Å². The molecule has 2 saturated heterocycles. The molecule has 4 heterocycles. The van der Waals surface area contributed by atoms with Crippen LogP contribution < -0.4 is 10.1 Å². The number of phenols is 1. The fourth-order valence-electron chi connectivity index (χ4n) is 5.95. The summed E-state index contributed by atoms with van der Waals surface area (Å²) < 4.78 is 5.45. The highest BCUT2D eigenvalue weighted by molar-refractivity contribution is 6.31. The molecule has 2 aliphatic rings. The summed E-state index contributed by atoms with van der Waals surface area (Å²) in [6, 6.07) is 13.7. The molecule has 0 aliphatic carbocycles. The van der Waals surface area contributed by atoms with Gasteiger partial charge in [0.25, 0.3) is 0 Å². The van der Waals surface area contributed by atoms with E-state index in [0.29, 0.717) is 16.7 Å². The van der Waals surface area contributed by atoms with Crippen molar-refractivity contribution in [2.24, 2.45) is 0 Å². The van der Waals surface area contributed by atoms with Gasteiger partial charge in [0.05, 0.1) is 23.8 Å². The Morgan fingerprint density at radius 3 is 2.08 bits per heavy atom. The molecule has 0 saturated carbocycles. The van der Waals surface area contributed by atoms with Crippen LogP contribution >= 0.6 is 11.6 Å². The molecule has 2 fully saturated rings. The van der Waals surface area contributed by atoms with E-state index in [1.165, 1.54) is 38.5 Å². The van der Waals surface area contributed by atoms with E-state index in [2.05, 4.69) is 27.2 Å². The van der Waals surface area contributed by atoms with E-state index in [1.54, 1.807) is 7.11 Å². The zero-order valence-corrected chi connectivity index (χ0v) is 23.3. The summed E-state index contributed by atoms with van der Waals surface area (Å²) in [6.07, 6.45) is 7.42. The molecule has 7 nitrogen and oxygen atoms in total. The molecule has 0 unspecified atom stereocenters. The number of hydrogen-bond donors (Lipinski definition) is 2. The number of piperidine rings is 2. The summed E-state index contributed by atoms with van der Waals surface area (Å²) in [5, 5.41) is 16.7. The summed E-state index contributed by atoms with van der Waals surface area (Å²) >= 11 is 6.34. The minimum absolute atomic E-state index is 0.424. The lowest BCUT2D eigenvalue weighted by molar-refractivity contribution is 0.213. The molecule has 0 radical (unpaired) electrons. The quantitative estimate of drug-likeness (QED) is 0.194. The van der Waals surface area contributed by atoms with Crippen molar-refractivity contribution >= 4 is 44.9 Å². The number of benzene rings is 2. The van der Waals surface area contributed by atoms with Crippen LogP contribution in [0.3, 0.4) is 0 Å². The highest BCUT2D eigenvalue weighted by atomic mass is 35.5. The lowest BCUT2D eigenvalue weighted by atomic mass is 10.0. The van der Waals surface area contributed by atoms with Crippen molar-refractivity contribution in [1.29, 1.82) is 0 Å². The Bertz CT molecular complexity index is 1440. The Balaban J connectivity index is 1.45. The van der Waals surface area contributed by atoms with Gasteiger partial charge in [-0.1, -0.05) is 24.4 Å². The normalized spacial score (nSPS) is 17.1. The maximum Gasteiger partial charge on any atom is 0.213 e. The van der Waals surface area contributed by atoms with Crippen LogP contribution in [0.25, 0.3) is 21.9 Å². The van der Waals surface area contributed by atoms with Crippen LogP contribution in [0.2, 0.25) is 5.02 Å². The second-order valence-corrected chi connectivity index (χ2v) is 11.2. The van der Waals surface area contributed by atoms with Crippen molar-refractivity contribution in [2.75, 3.05) is 38.6 Å². The third kappa shape index (κ3) is 5.76. The van der Waals surface area contributed by atoms with Gasteiger partial charge in [0.15, 0.2) is 0 Å². The van der Waals surface area contributed by atoms with Crippen molar-refractivity contribution in [3.8, 4) is 11.6 Å². The van der Waals surface area contributed by atoms with Crippen LogP contribution in [0, 0.1) is 0 Å². The van der Waals surface area contributed by atoms with Gasteiger partial charge in [-0.05, 0) is 88.3 Å². The summed E-state index contributed by atoms with van der Waals surface area (Å²) in [7, 11) is 1.62. The first-order valence-electron chi connectivity index (χ1n) is 14.1. The molecule has 204 valence electrons. The van der Waals surface area contributed by atoms with Crippen molar-refractivity contribution in [3.63, 3.8) is 0 Å². The number of fused-ring (bicyclic) bond motifs is 2.